The van der Waals surface area contributed by atoms with E-state index in [0.717, 1.165) is 37.3 Å². The molecular formula is C20H25NO2. The first-order chi connectivity index (χ1) is 11.2. The maximum atomic E-state index is 9.35. The summed E-state index contributed by atoms with van der Waals surface area (Å²) >= 11 is 0. The molecule has 3 rings (SSSR count). The number of hydrogen-bond acceptors (Lipinski definition) is 3. The van der Waals surface area contributed by atoms with Crippen molar-refractivity contribution >= 4 is 0 Å². The predicted octanol–water partition coefficient (Wildman–Crippen LogP) is 3.55. The van der Waals surface area contributed by atoms with Crippen LogP contribution in [-0.2, 0) is 13.0 Å². The molecule has 1 atom stereocenters. The minimum atomic E-state index is 0.108. The monoisotopic (exact) mass is 311 g/mol. The highest BCUT2D eigenvalue weighted by atomic mass is 16.5. The summed E-state index contributed by atoms with van der Waals surface area (Å²) in [4.78, 5) is 2.39. The van der Waals surface area contributed by atoms with Gasteiger partial charge in [-0.3, -0.25) is 4.90 Å². The number of aliphatic hydroxyl groups excluding tert-OH is 1. The van der Waals surface area contributed by atoms with Crippen molar-refractivity contribution in [3.8, 4) is 5.75 Å². The van der Waals surface area contributed by atoms with Gasteiger partial charge in [0, 0.05) is 6.54 Å². The van der Waals surface area contributed by atoms with Crippen LogP contribution in [-0.4, -0.2) is 30.2 Å². The number of benzene rings is 2. The number of rotatable bonds is 5. The second kappa shape index (κ2) is 7.16. The van der Waals surface area contributed by atoms with Gasteiger partial charge in [0.2, 0.25) is 0 Å². The van der Waals surface area contributed by atoms with Gasteiger partial charge in [0.1, 0.15) is 5.75 Å². The van der Waals surface area contributed by atoms with E-state index in [-0.39, 0.29) is 12.6 Å². The van der Waals surface area contributed by atoms with Crippen LogP contribution in [0.15, 0.2) is 42.5 Å². The molecule has 122 valence electrons. The summed E-state index contributed by atoms with van der Waals surface area (Å²) in [5.41, 5.74) is 4.98. The highest BCUT2D eigenvalue weighted by Crippen LogP contribution is 2.35. The van der Waals surface area contributed by atoms with E-state index >= 15 is 0 Å². The average molecular weight is 311 g/mol. The summed E-state index contributed by atoms with van der Waals surface area (Å²) in [5, 5.41) is 9.35. The zero-order valence-corrected chi connectivity index (χ0v) is 14.0. The van der Waals surface area contributed by atoms with Crippen molar-refractivity contribution in [2.75, 3.05) is 20.2 Å². The van der Waals surface area contributed by atoms with Gasteiger partial charge >= 0.3 is 0 Å². The van der Waals surface area contributed by atoms with E-state index < -0.39 is 0 Å². The Morgan fingerprint density at radius 1 is 1.17 bits per heavy atom. The van der Waals surface area contributed by atoms with Crippen LogP contribution in [0.4, 0.5) is 0 Å². The van der Waals surface area contributed by atoms with E-state index in [9.17, 15) is 5.11 Å². The minimum absolute atomic E-state index is 0.108. The Hall–Kier alpha value is -1.84. The molecule has 2 aromatic carbocycles. The van der Waals surface area contributed by atoms with Crippen LogP contribution in [0.3, 0.4) is 0 Å². The molecule has 3 nitrogen and oxygen atoms in total. The molecule has 0 radical (unpaired) electrons. The lowest BCUT2D eigenvalue weighted by Crippen LogP contribution is -2.32. The van der Waals surface area contributed by atoms with E-state index in [4.69, 9.17) is 4.74 Å². The van der Waals surface area contributed by atoms with E-state index in [0.29, 0.717) is 0 Å². The van der Waals surface area contributed by atoms with Crippen LogP contribution in [0, 0.1) is 0 Å². The average Bonchev–Trinajstić information content (AvgIpc) is 2.60. The zero-order chi connectivity index (χ0) is 16.2. The summed E-state index contributed by atoms with van der Waals surface area (Å²) in [6.07, 6.45) is 2.06. The molecule has 0 aliphatic carbocycles. The summed E-state index contributed by atoms with van der Waals surface area (Å²) in [6.45, 7) is 4.01. The van der Waals surface area contributed by atoms with Crippen molar-refractivity contribution in [3.63, 3.8) is 0 Å². The molecule has 0 spiro atoms. The normalized spacial score (nSPS) is 17.8. The molecule has 1 aliphatic heterocycles. The molecule has 1 aliphatic rings. The summed E-state index contributed by atoms with van der Waals surface area (Å²) in [5.74, 6) is 0.935. The molecule has 23 heavy (non-hydrogen) atoms. The molecule has 0 saturated carbocycles. The van der Waals surface area contributed by atoms with Gasteiger partial charge < -0.3 is 9.84 Å². The summed E-state index contributed by atoms with van der Waals surface area (Å²) in [6, 6.07) is 15.1. The Balaban J connectivity index is 1.90. The van der Waals surface area contributed by atoms with Gasteiger partial charge in [-0.25, -0.2) is 0 Å². The molecule has 1 N–H and O–H groups in total. The van der Waals surface area contributed by atoms with Gasteiger partial charge in [0.25, 0.3) is 0 Å². The Kier molecular flexibility index (Phi) is 4.99. The maximum Gasteiger partial charge on any atom is 0.119 e. The Morgan fingerprint density at radius 2 is 1.96 bits per heavy atom. The second-order valence-corrected chi connectivity index (χ2v) is 6.24. The van der Waals surface area contributed by atoms with Crippen molar-refractivity contribution in [3.05, 3.63) is 64.7 Å². The number of likely N-dealkylation sites (N-methyl/N-ethyl adjacent to an activating group) is 1. The highest BCUT2D eigenvalue weighted by Gasteiger charge is 2.26. The Morgan fingerprint density at radius 3 is 2.65 bits per heavy atom. The van der Waals surface area contributed by atoms with Gasteiger partial charge in [0.05, 0.1) is 19.3 Å². The van der Waals surface area contributed by atoms with Crippen molar-refractivity contribution < 1.29 is 9.84 Å². The molecule has 1 heterocycles. The minimum Gasteiger partial charge on any atom is -0.494 e. The van der Waals surface area contributed by atoms with Crippen molar-refractivity contribution in [2.24, 2.45) is 0 Å². The van der Waals surface area contributed by atoms with Gasteiger partial charge in [-0.1, -0.05) is 37.3 Å². The fourth-order valence-electron chi connectivity index (χ4n) is 3.30. The molecule has 3 heteroatoms. The second-order valence-electron chi connectivity index (χ2n) is 6.24. The maximum absolute atomic E-state index is 9.35. The lowest BCUT2D eigenvalue weighted by molar-refractivity contribution is 0.262. The molecule has 0 bridgehead atoms. The van der Waals surface area contributed by atoms with Crippen LogP contribution < -0.4 is 4.74 Å². The molecule has 0 aromatic heterocycles. The smallest absolute Gasteiger partial charge is 0.119 e. The molecule has 0 amide bonds. The topological polar surface area (TPSA) is 32.7 Å². The van der Waals surface area contributed by atoms with Crippen LogP contribution in [0.25, 0.3) is 0 Å². The van der Waals surface area contributed by atoms with Crippen LogP contribution in [0.5, 0.6) is 5.75 Å². The number of nitrogens with zero attached hydrogens (tertiary/aromatic N) is 1. The molecule has 2 aromatic rings. The third kappa shape index (κ3) is 3.41. The SMILES string of the molecule is CCCOc1ccc(C2c3ccc(CO)cc3CCN2C)cc1. The van der Waals surface area contributed by atoms with Crippen molar-refractivity contribution in [2.45, 2.75) is 32.4 Å². The van der Waals surface area contributed by atoms with E-state index in [1.54, 1.807) is 0 Å². The quantitative estimate of drug-likeness (QED) is 0.916. The first-order valence-corrected chi connectivity index (χ1v) is 8.38. The molecule has 0 fully saturated rings. The van der Waals surface area contributed by atoms with Gasteiger partial charge in [0.15, 0.2) is 0 Å². The van der Waals surface area contributed by atoms with Crippen LogP contribution >= 0.6 is 0 Å². The van der Waals surface area contributed by atoms with E-state index in [1.807, 2.05) is 6.07 Å². The number of fused-ring (bicyclic) bond motifs is 1. The first-order valence-electron chi connectivity index (χ1n) is 8.38. The Labute approximate surface area is 138 Å². The van der Waals surface area contributed by atoms with Gasteiger partial charge in [-0.2, -0.15) is 0 Å². The highest BCUT2D eigenvalue weighted by molar-refractivity contribution is 5.42. The molecule has 1 unspecified atom stereocenters. The van der Waals surface area contributed by atoms with Crippen LogP contribution in [0.1, 0.15) is 41.6 Å². The third-order valence-electron chi connectivity index (χ3n) is 4.53. The van der Waals surface area contributed by atoms with Crippen molar-refractivity contribution in [1.29, 1.82) is 0 Å². The largest absolute Gasteiger partial charge is 0.494 e. The number of hydrogen-bond donors (Lipinski definition) is 1. The fourth-order valence-corrected chi connectivity index (χ4v) is 3.30. The first kappa shape index (κ1) is 16.0. The molecular weight excluding hydrogens is 286 g/mol. The van der Waals surface area contributed by atoms with E-state index in [2.05, 4.69) is 55.3 Å². The lowest BCUT2D eigenvalue weighted by atomic mass is 9.87. The number of ether oxygens (including phenoxy) is 1. The Bertz CT molecular complexity index is 651. The predicted molar refractivity (Wildman–Crippen MR) is 92.8 cm³/mol. The zero-order valence-electron chi connectivity index (χ0n) is 14.0. The summed E-state index contributed by atoms with van der Waals surface area (Å²) < 4.78 is 5.68. The fraction of sp³-hybridized carbons (Fsp3) is 0.400. The molecule has 0 saturated heterocycles. The van der Waals surface area contributed by atoms with Crippen molar-refractivity contribution in [1.82, 2.24) is 4.90 Å². The van der Waals surface area contributed by atoms with E-state index in [1.165, 1.54) is 16.7 Å². The lowest BCUT2D eigenvalue weighted by Gasteiger charge is -2.35. The standard InChI is InChI=1S/C20H25NO2/c1-3-12-23-18-7-5-16(6-8-18)20-19-9-4-15(14-22)13-17(19)10-11-21(20)2/h4-9,13,20,22H,3,10-12,14H2,1-2H3. The summed E-state index contributed by atoms with van der Waals surface area (Å²) in [7, 11) is 2.18. The number of aliphatic hydroxyl groups is 1. The third-order valence-corrected chi connectivity index (χ3v) is 4.53. The van der Waals surface area contributed by atoms with Gasteiger partial charge in [-0.05, 0) is 54.3 Å². The van der Waals surface area contributed by atoms with Crippen LogP contribution in [0.2, 0.25) is 0 Å². The van der Waals surface area contributed by atoms with Gasteiger partial charge in [-0.15, -0.1) is 0 Å².